The van der Waals surface area contributed by atoms with Gasteiger partial charge in [0.15, 0.2) is 0 Å². The molecule has 8 nitrogen and oxygen atoms in total. The predicted octanol–water partition coefficient (Wildman–Crippen LogP) is 1.91. The van der Waals surface area contributed by atoms with Gasteiger partial charge in [0, 0.05) is 5.38 Å². The molecule has 0 saturated heterocycles. The number of esters is 1. The van der Waals surface area contributed by atoms with Crippen molar-refractivity contribution in [1.82, 2.24) is 9.38 Å². The van der Waals surface area contributed by atoms with Gasteiger partial charge in [-0.3, -0.25) is 0 Å². The minimum Gasteiger partial charge on any atom is -0.467 e. The van der Waals surface area contributed by atoms with Crippen molar-refractivity contribution in [2.45, 2.75) is 19.9 Å². The molecule has 0 aliphatic heterocycles. The van der Waals surface area contributed by atoms with Gasteiger partial charge >= 0.3 is 11.8 Å². The third kappa shape index (κ3) is 2.44. The number of nitrogens with zero attached hydrogens (tertiary/aromatic N) is 3. The first-order valence-electron chi connectivity index (χ1n) is 5.90. The van der Waals surface area contributed by atoms with Crippen LogP contribution in [0.1, 0.15) is 13.8 Å². The number of carbonyl (C=O) groups excluding carboxylic acids is 1. The first-order valence-corrected chi connectivity index (χ1v) is 6.78. The quantitative estimate of drug-likeness (QED) is 0.514. The number of nitrogens with one attached hydrogen (secondary N) is 1. The fourth-order valence-corrected chi connectivity index (χ4v) is 2.53. The van der Waals surface area contributed by atoms with Crippen LogP contribution in [0.4, 0.5) is 11.6 Å². The third-order valence-electron chi connectivity index (χ3n) is 2.82. The van der Waals surface area contributed by atoms with Gasteiger partial charge in [0.1, 0.15) is 12.2 Å². The lowest BCUT2D eigenvalue weighted by Crippen LogP contribution is -2.35. The summed E-state index contributed by atoms with van der Waals surface area (Å²) in [7, 11) is 1.28. The normalized spacial score (nSPS) is 12.6. The van der Waals surface area contributed by atoms with E-state index in [2.05, 4.69) is 10.3 Å². The number of methoxy groups -OCH3 is 1. The molecular weight excluding hydrogens is 284 g/mol. The summed E-state index contributed by atoms with van der Waals surface area (Å²) in [4.78, 5) is 27.0. The molecule has 20 heavy (non-hydrogen) atoms. The predicted molar refractivity (Wildman–Crippen MR) is 74.0 cm³/mol. The molecule has 0 fully saturated rings. The van der Waals surface area contributed by atoms with Crippen molar-refractivity contribution in [2.24, 2.45) is 5.92 Å². The topological polar surface area (TPSA) is 98.8 Å². The second-order valence-corrected chi connectivity index (χ2v) is 5.36. The van der Waals surface area contributed by atoms with Crippen molar-refractivity contribution in [3.05, 3.63) is 21.7 Å². The number of hydrogen-bond acceptors (Lipinski definition) is 7. The van der Waals surface area contributed by atoms with Crippen LogP contribution in [0, 0.1) is 16.0 Å². The van der Waals surface area contributed by atoms with Gasteiger partial charge in [-0.15, -0.1) is 0 Å². The van der Waals surface area contributed by atoms with Crippen LogP contribution in [0.3, 0.4) is 0 Å². The molecule has 0 saturated carbocycles. The highest BCUT2D eigenvalue weighted by Crippen LogP contribution is 2.29. The van der Waals surface area contributed by atoms with Gasteiger partial charge in [-0.05, 0) is 10.8 Å². The highest BCUT2D eigenvalue weighted by Gasteiger charge is 2.30. The lowest BCUT2D eigenvalue weighted by molar-refractivity contribution is -0.389. The number of aromatic nitrogens is 2. The Kier molecular flexibility index (Phi) is 3.89. The number of imidazole rings is 1. The molecule has 0 radical (unpaired) electrons. The molecule has 2 aromatic rings. The van der Waals surface area contributed by atoms with Gasteiger partial charge in [0.05, 0.1) is 7.11 Å². The summed E-state index contributed by atoms with van der Waals surface area (Å²) in [6.45, 7) is 3.64. The zero-order chi connectivity index (χ0) is 14.9. The highest BCUT2D eigenvalue weighted by atomic mass is 32.1. The standard InChI is InChI=1S/C11H14N4O4S/c1-6(2)7(10(16)19-3)12-8-9(15(17)18)14-4-5-20-11(14)13-8/h4-7,12H,1-3H3. The molecule has 0 aliphatic rings. The van der Waals surface area contributed by atoms with Crippen molar-refractivity contribution in [2.75, 3.05) is 12.4 Å². The maximum absolute atomic E-state index is 11.7. The minimum atomic E-state index is -0.691. The van der Waals surface area contributed by atoms with Crippen LogP contribution in [0.15, 0.2) is 11.6 Å². The third-order valence-corrected chi connectivity index (χ3v) is 3.58. The zero-order valence-electron chi connectivity index (χ0n) is 11.2. The van der Waals surface area contributed by atoms with Gasteiger partial charge in [-0.1, -0.05) is 25.2 Å². The van der Waals surface area contributed by atoms with E-state index in [-0.39, 0.29) is 17.6 Å². The molecule has 1 unspecified atom stereocenters. The summed E-state index contributed by atoms with van der Waals surface area (Å²) in [5, 5.41) is 15.7. The van der Waals surface area contributed by atoms with Gasteiger partial charge < -0.3 is 20.2 Å². The number of carbonyl (C=O) groups is 1. The number of hydrogen-bond donors (Lipinski definition) is 1. The molecule has 1 atom stereocenters. The first-order chi connectivity index (χ1) is 9.45. The Bertz CT molecular complexity index is 648. The number of thiazole rings is 1. The van der Waals surface area contributed by atoms with Crippen LogP contribution < -0.4 is 5.32 Å². The first kappa shape index (κ1) is 14.3. The van der Waals surface area contributed by atoms with Crippen molar-refractivity contribution in [3.8, 4) is 0 Å². The van der Waals surface area contributed by atoms with E-state index >= 15 is 0 Å². The molecule has 108 valence electrons. The Balaban J connectivity index is 2.41. The summed E-state index contributed by atoms with van der Waals surface area (Å²) in [6, 6.07) is -0.691. The molecule has 2 rings (SSSR count). The molecule has 9 heteroatoms. The largest absolute Gasteiger partial charge is 0.467 e. The molecule has 0 aliphatic carbocycles. The second kappa shape index (κ2) is 5.45. The molecular formula is C11H14N4O4S. The molecule has 1 N–H and O–H groups in total. The average molecular weight is 298 g/mol. The van der Waals surface area contributed by atoms with Gasteiger partial charge in [0.2, 0.25) is 5.82 Å². The molecule has 0 aromatic carbocycles. The monoisotopic (exact) mass is 298 g/mol. The Hall–Kier alpha value is -2.16. The SMILES string of the molecule is COC(=O)C(Nc1nc2sccn2c1[N+](=O)[O-])C(C)C. The fourth-order valence-electron chi connectivity index (χ4n) is 1.82. The van der Waals surface area contributed by atoms with E-state index in [1.54, 1.807) is 11.6 Å². The molecule has 0 bridgehead atoms. The second-order valence-electron chi connectivity index (χ2n) is 4.49. The minimum absolute atomic E-state index is 0.0750. The summed E-state index contributed by atoms with van der Waals surface area (Å²) >= 11 is 1.28. The van der Waals surface area contributed by atoms with Gasteiger partial charge in [-0.25, -0.2) is 4.79 Å². The van der Waals surface area contributed by atoms with Crippen LogP contribution in [-0.2, 0) is 9.53 Å². The van der Waals surface area contributed by atoms with Crippen LogP contribution in [0.5, 0.6) is 0 Å². The van der Waals surface area contributed by atoms with E-state index in [1.165, 1.54) is 22.8 Å². The van der Waals surface area contributed by atoms with E-state index < -0.39 is 16.9 Å². The van der Waals surface area contributed by atoms with Gasteiger partial charge in [0.25, 0.3) is 4.96 Å². The summed E-state index contributed by atoms with van der Waals surface area (Å²) in [5.74, 6) is -0.686. The van der Waals surface area contributed by atoms with Crippen molar-refractivity contribution < 1.29 is 14.5 Å². The van der Waals surface area contributed by atoms with Crippen LogP contribution >= 0.6 is 11.3 Å². The Morgan fingerprint density at radius 2 is 2.30 bits per heavy atom. The molecule has 0 spiro atoms. The Labute approximate surface area is 118 Å². The number of rotatable bonds is 5. The van der Waals surface area contributed by atoms with Crippen molar-refractivity contribution >= 4 is 33.9 Å². The molecule has 2 aromatic heterocycles. The van der Waals surface area contributed by atoms with E-state index in [0.717, 1.165) is 0 Å². The lowest BCUT2D eigenvalue weighted by atomic mass is 10.1. The van der Waals surface area contributed by atoms with E-state index in [9.17, 15) is 14.9 Å². The summed E-state index contributed by atoms with van der Waals surface area (Å²) in [6.07, 6.45) is 1.57. The van der Waals surface area contributed by atoms with Gasteiger partial charge in [-0.2, -0.15) is 9.38 Å². The number of nitro groups is 1. The Morgan fingerprint density at radius 1 is 1.60 bits per heavy atom. The maximum Gasteiger partial charge on any atom is 0.372 e. The number of ether oxygens (including phenoxy) is 1. The maximum atomic E-state index is 11.7. The molecule has 2 heterocycles. The lowest BCUT2D eigenvalue weighted by Gasteiger charge is -2.19. The summed E-state index contributed by atoms with van der Waals surface area (Å²) in [5.41, 5.74) is 0. The van der Waals surface area contributed by atoms with Crippen LogP contribution in [-0.4, -0.2) is 33.4 Å². The van der Waals surface area contributed by atoms with Crippen LogP contribution in [0.2, 0.25) is 0 Å². The number of fused-ring (bicyclic) bond motifs is 1. The zero-order valence-corrected chi connectivity index (χ0v) is 12.0. The number of anilines is 1. The average Bonchev–Trinajstić information content (AvgIpc) is 2.93. The van der Waals surface area contributed by atoms with Crippen LogP contribution in [0.25, 0.3) is 4.96 Å². The van der Waals surface area contributed by atoms with E-state index in [1.807, 2.05) is 13.8 Å². The fraction of sp³-hybridized carbons (Fsp3) is 0.455. The summed E-state index contributed by atoms with van der Waals surface area (Å²) < 4.78 is 6.08. The van der Waals surface area contributed by atoms with Crippen molar-refractivity contribution in [3.63, 3.8) is 0 Å². The van der Waals surface area contributed by atoms with E-state index in [0.29, 0.717) is 4.96 Å². The van der Waals surface area contributed by atoms with Crippen molar-refractivity contribution in [1.29, 1.82) is 0 Å². The Morgan fingerprint density at radius 3 is 2.85 bits per heavy atom. The smallest absolute Gasteiger partial charge is 0.372 e. The highest BCUT2D eigenvalue weighted by molar-refractivity contribution is 7.15. The van der Waals surface area contributed by atoms with E-state index in [4.69, 9.17) is 4.74 Å². The molecule has 0 amide bonds.